The fraction of sp³-hybridized carbons (Fsp3) is 0.217. The molecule has 3 amide bonds. The summed E-state index contributed by atoms with van der Waals surface area (Å²) < 4.78 is 5.62. The van der Waals surface area contributed by atoms with Crippen LogP contribution in [0, 0.1) is 0 Å². The summed E-state index contributed by atoms with van der Waals surface area (Å²) in [4.78, 5) is 26.1. The Morgan fingerprint density at radius 3 is 2.69 bits per heavy atom. The molecule has 1 atom stereocenters. The molecule has 2 aromatic carbocycles. The Kier molecular flexibility index (Phi) is 5.61. The van der Waals surface area contributed by atoms with Gasteiger partial charge in [0.25, 0.3) is 5.91 Å². The molecule has 1 aliphatic rings. The lowest BCUT2D eigenvalue weighted by molar-refractivity contribution is 0.0952. The molecule has 0 aliphatic carbocycles. The van der Waals surface area contributed by atoms with Crippen molar-refractivity contribution in [1.29, 1.82) is 0 Å². The quantitative estimate of drug-likeness (QED) is 0.646. The minimum Gasteiger partial charge on any atom is -0.469 e. The lowest BCUT2D eigenvalue weighted by Gasteiger charge is -2.17. The summed E-state index contributed by atoms with van der Waals surface area (Å²) in [5.74, 6) is 0.802. The van der Waals surface area contributed by atoms with Crippen molar-refractivity contribution in [3.63, 3.8) is 0 Å². The molecule has 4 rings (SSSR count). The van der Waals surface area contributed by atoms with Gasteiger partial charge in [-0.1, -0.05) is 36.4 Å². The zero-order valence-corrected chi connectivity index (χ0v) is 16.0. The van der Waals surface area contributed by atoms with E-state index in [9.17, 15) is 9.59 Å². The third-order valence-electron chi connectivity index (χ3n) is 5.08. The molecule has 1 saturated heterocycles. The molecule has 0 radical (unpaired) electrons. The normalized spacial score (nSPS) is 14.5. The minimum atomic E-state index is -0.155. The molecule has 0 bridgehead atoms. The highest BCUT2D eigenvalue weighted by atomic mass is 16.3. The molecule has 6 heteroatoms. The first-order chi connectivity index (χ1) is 14.2. The molecule has 2 heterocycles. The van der Waals surface area contributed by atoms with E-state index in [4.69, 9.17) is 4.42 Å². The number of hydrogen-bond donors (Lipinski definition) is 2. The average Bonchev–Trinajstić information content (AvgIpc) is 3.44. The smallest absolute Gasteiger partial charge is 0.321 e. The van der Waals surface area contributed by atoms with Crippen LogP contribution in [0.25, 0.3) is 0 Å². The van der Waals surface area contributed by atoms with Gasteiger partial charge in [-0.25, -0.2) is 4.79 Å². The van der Waals surface area contributed by atoms with Gasteiger partial charge in [0.15, 0.2) is 0 Å². The van der Waals surface area contributed by atoms with Gasteiger partial charge in [-0.3, -0.25) is 9.69 Å². The fourth-order valence-electron chi connectivity index (χ4n) is 3.61. The first-order valence-corrected chi connectivity index (χ1v) is 9.74. The largest absolute Gasteiger partial charge is 0.469 e. The molecular formula is C23H23N3O3. The van der Waals surface area contributed by atoms with Crippen LogP contribution in [0.1, 0.15) is 34.0 Å². The third kappa shape index (κ3) is 4.32. The fourth-order valence-corrected chi connectivity index (χ4v) is 3.61. The maximum Gasteiger partial charge on any atom is 0.321 e. The van der Waals surface area contributed by atoms with E-state index in [-0.39, 0.29) is 17.9 Å². The standard InChI is InChI=1S/C23H23N3O3/c27-22(18-8-4-9-19(16-18)26-14-13-25-23(26)28)24-12-11-20(21-10-5-15-29-21)17-6-2-1-3-7-17/h1-10,15-16,20H,11-14H2,(H,24,27)(H,25,28). The number of rotatable bonds is 7. The SMILES string of the molecule is O=C(NCCC(c1ccccc1)c1ccco1)c1cccc(N2CCNC2=O)c1. The second-order valence-corrected chi connectivity index (χ2v) is 6.96. The van der Waals surface area contributed by atoms with E-state index < -0.39 is 0 Å². The van der Waals surface area contributed by atoms with E-state index in [0.29, 0.717) is 25.2 Å². The van der Waals surface area contributed by atoms with Gasteiger partial charge in [0.2, 0.25) is 0 Å². The molecule has 1 unspecified atom stereocenters. The van der Waals surface area contributed by atoms with Gasteiger partial charge < -0.3 is 15.1 Å². The highest BCUT2D eigenvalue weighted by Crippen LogP contribution is 2.28. The molecule has 148 valence electrons. The van der Waals surface area contributed by atoms with Crippen molar-refractivity contribution >= 4 is 17.6 Å². The number of carbonyl (C=O) groups is 2. The molecule has 6 nitrogen and oxygen atoms in total. The van der Waals surface area contributed by atoms with Crippen LogP contribution in [0.2, 0.25) is 0 Å². The Morgan fingerprint density at radius 1 is 1.10 bits per heavy atom. The number of furan rings is 1. The van der Waals surface area contributed by atoms with Crippen LogP contribution in [0.5, 0.6) is 0 Å². The Morgan fingerprint density at radius 2 is 1.97 bits per heavy atom. The molecular weight excluding hydrogens is 366 g/mol. The van der Waals surface area contributed by atoms with E-state index in [1.54, 1.807) is 29.4 Å². The second-order valence-electron chi connectivity index (χ2n) is 6.96. The van der Waals surface area contributed by atoms with Crippen LogP contribution in [0.4, 0.5) is 10.5 Å². The summed E-state index contributed by atoms with van der Waals surface area (Å²) in [5, 5.41) is 5.76. The van der Waals surface area contributed by atoms with Crippen LogP contribution < -0.4 is 15.5 Å². The van der Waals surface area contributed by atoms with Crippen LogP contribution in [0.3, 0.4) is 0 Å². The summed E-state index contributed by atoms with van der Waals surface area (Å²) in [5.41, 5.74) is 2.42. The summed E-state index contributed by atoms with van der Waals surface area (Å²) in [7, 11) is 0. The first-order valence-electron chi connectivity index (χ1n) is 9.74. The number of carbonyl (C=O) groups excluding carboxylic acids is 2. The molecule has 29 heavy (non-hydrogen) atoms. The van der Waals surface area contributed by atoms with Crippen molar-refractivity contribution in [2.75, 3.05) is 24.5 Å². The third-order valence-corrected chi connectivity index (χ3v) is 5.08. The van der Waals surface area contributed by atoms with Gasteiger partial charge in [-0.15, -0.1) is 0 Å². The van der Waals surface area contributed by atoms with Crippen LogP contribution in [0.15, 0.2) is 77.4 Å². The minimum absolute atomic E-state index is 0.0751. The maximum absolute atomic E-state index is 12.6. The zero-order valence-electron chi connectivity index (χ0n) is 16.0. The number of benzene rings is 2. The number of amides is 3. The Bertz CT molecular complexity index is 970. The number of nitrogens with one attached hydrogen (secondary N) is 2. The van der Waals surface area contributed by atoms with Gasteiger partial charge in [-0.05, 0) is 42.3 Å². The summed E-state index contributed by atoms with van der Waals surface area (Å²) in [6.45, 7) is 1.72. The van der Waals surface area contributed by atoms with Crippen molar-refractivity contribution < 1.29 is 14.0 Å². The monoisotopic (exact) mass is 389 g/mol. The van der Waals surface area contributed by atoms with E-state index in [1.807, 2.05) is 36.4 Å². The Hall–Kier alpha value is -3.54. The molecule has 0 spiro atoms. The molecule has 1 aromatic heterocycles. The Labute approximate surface area is 169 Å². The number of nitrogens with zero attached hydrogens (tertiary/aromatic N) is 1. The first kappa shape index (κ1) is 18.8. The van der Waals surface area contributed by atoms with Crippen molar-refractivity contribution in [2.24, 2.45) is 0 Å². The Balaban J connectivity index is 1.41. The van der Waals surface area contributed by atoms with Crippen molar-refractivity contribution in [3.05, 3.63) is 89.9 Å². The van der Waals surface area contributed by atoms with Crippen molar-refractivity contribution in [1.82, 2.24) is 10.6 Å². The van der Waals surface area contributed by atoms with E-state index in [1.165, 1.54) is 0 Å². The average molecular weight is 389 g/mol. The van der Waals surface area contributed by atoms with Crippen LogP contribution in [-0.2, 0) is 0 Å². The van der Waals surface area contributed by atoms with Crippen molar-refractivity contribution in [3.8, 4) is 0 Å². The summed E-state index contributed by atoms with van der Waals surface area (Å²) >= 11 is 0. The summed E-state index contributed by atoms with van der Waals surface area (Å²) in [6.07, 6.45) is 2.39. The topological polar surface area (TPSA) is 74.6 Å². The van der Waals surface area contributed by atoms with E-state index in [0.717, 1.165) is 23.4 Å². The lowest BCUT2D eigenvalue weighted by atomic mass is 9.93. The molecule has 0 saturated carbocycles. The van der Waals surface area contributed by atoms with Gasteiger partial charge in [0, 0.05) is 36.8 Å². The van der Waals surface area contributed by atoms with Crippen LogP contribution >= 0.6 is 0 Å². The highest BCUT2D eigenvalue weighted by Gasteiger charge is 2.22. The molecule has 1 aliphatic heterocycles. The van der Waals surface area contributed by atoms with E-state index in [2.05, 4.69) is 22.8 Å². The molecule has 2 N–H and O–H groups in total. The zero-order chi connectivity index (χ0) is 20.1. The van der Waals surface area contributed by atoms with Crippen LogP contribution in [-0.4, -0.2) is 31.6 Å². The predicted octanol–water partition coefficient (Wildman–Crippen LogP) is 3.76. The van der Waals surface area contributed by atoms with Gasteiger partial charge in [0.1, 0.15) is 5.76 Å². The highest BCUT2D eigenvalue weighted by molar-refractivity contribution is 5.98. The van der Waals surface area contributed by atoms with Crippen molar-refractivity contribution in [2.45, 2.75) is 12.3 Å². The summed E-state index contributed by atoms with van der Waals surface area (Å²) in [6, 6.07) is 21.0. The number of hydrogen-bond acceptors (Lipinski definition) is 3. The van der Waals surface area contributed by atoms with Gasteiger partial charge >= 0.3 is 6.03 Å². The number of urea groups is 1. The maximum atomic E-state index is 12.6. The van der Waals surface area contributed by atoms with Gasteiger partial charge in [0.05, 0.1) is 6.26 Å². The van der Waals surface area contributed by atoms with E-state index >= 15 is 0 Å². The molecule has 1 fully saturated rings. The second kappa shape index (κ2) is 8.65. The number of anilines is 1. The molecule has 3 aromatic rings. The van der Waals surface area contributed by atoms with Gasteiger partial charge in [-0.2, -0.15) is 0 Å². The predicted molar refractivity (Wildman–Crippen MR) is 111 cm³/mol. The lowest BCUT2D eigenvalue weighted by Crippen LogP contribution is -2.29.